The van der Waals surface area contributed by atoms with Gasteiger partial charge in [-0.05, 0) is 37.1 Å². The SMILES string of the molecule is COc1ccc(-c2nc(C(=O)NCC3(C(=O)O)CCOCC3)cs2)cc1. The molecule has 0 saturated carbocycles. The van der Waals surface area contributed by atoms with Crippen LogP contribution >= 0.6 is 11.3 Å². The van der Waals surface area contributed by atoms with Crippen molar-refractivity contribution in [2.75, 3.05) is 26.9 Å². The molecule has 0 spiro atoms. The summed E-state index contributed by atoms with van der Waals surface area (Å²) in [5.74, 6) is -0.523. The van der Waals surface area contributed by atoms with Gasteiger partial charge in [0, 0.05) is 30.7 Å². The molecule has 0 atom stereocenters. The van der Waals surface area contributed by atoms with E-state index in [4.69, 9.17) is 9.47 Å². The standard InChI is InChI=1S/C18H20N2O5S/c1-24-13-4-2-12(3-5-13)16-20-14(10-26-16)15(21)19-11-18(17(22)23)6-8-25-9-7-18/h2-5,10H,6-9,11H2,1H3,(H,19,21)(H,22,23). The molecule has 1 aromatic carbocycles. The van der Waals surface area contributed by atoms with Gasteiger partial charge < -0.3 is 19.9 Å². The average Bonchev–Trinajstić information content (AvgIpc) is 3.17. The van der Waals surface area contributed by atoms with Crippen molar-refractivity contribution in [3.8, 4) is 16.3 Å². The van der Waals surface area contributed by atoms with Crippen molar-refractivity contribution in [3.05, 3.63) is 35.3 Å². The first-order valence-corrected chi connectivity index (χ1v) is 9.11. The summed E-state index contributed by atoms with van der Waals surface area (Å²) in [6.45, 7) is 0.848. The van der Waals surface area contributed by atoms with Crippen molar-refractivity contribution in [1.29, 1.82) is 0 Å². The Hall–Kier alpha value is -2.45. The van der Waals surface area contributed by atoms with Crippen LogP contribution in [0, 0.1) is 5.41 Å². The number of amides is 1. The van der Waals surface area contributed by atoms with Gasteiger partial charge in [-0.25, -0.2) is 4.98 Å². The van der Waals surface area contributed by atoms with Gasteiger partial charge in [0.1, 0.15) is 16.5 Å². The van der Waals surface area contributed by atoms with E-state index in [9.17, 15) is 14.7 Å². The largest absolute Gasteiger partial charge is 0.497 e. The number of carboxylic acids is 1. The quantitative estimate of drug-likeness (QED) is 0.804. The van der Waals surface area contributed by atoms with Crippen LogP contribution in [0.15, 0.2) is 29.6 Å². The minimum atomic E-state index is -0.969. The van der Waals surface area contributed by atoms with Gasteiger partial charge in [0.2, 0.25) is 0 Å². The number of thiazole rings is 1. The van der Waals surface area contributed by atoms with Crippen LogP contribution in [0.2, 0.25) is 0 Å². The van der Waals surface area contributed by atoms with Crippen molar-refractivity contribution >= 4 is 23.2 Å². The van der Waals surface area contributed by atoms with Crippen molar-refractivity contribution in [2.24, 2.45) is 5.41 Å². The fourth-order valence-corrected chi connectivity index (χ4v) is 3.62. The Kier molecular flexibility index (Phi) is 5.53. The van der Waals surface area contributed by atoms with Crippen LogP contribution in [0.3, 0.4) is 0 Å². The van der Waals surface area contributed by atoms with E-state index in [1.165, 1.54) is 11.3 Å². The van der Waals surface area contributed by atoms with Gasteiger partial charge in [-0.15, -0.1) is 11.3 Å². The molecule has 7 nitrogen and oxygen atoms in total. The zero-order chi connectivity index (χ0) is 18.6. The minimum Gasteiger partial charge on any atom is -0.497 e. The summed E-state index contributed by atoms with van der Waals surface area (Å²) in [5, 5.41) is 14.7. The summed E-state index contributed by atoms with van der Waals surface area (Å²) in [6.07, 6.45) is 0.771. The number of ether oxygens (including phenoxy) is 2. The molecule has 138 valence electrons. The number of carbonyl (C=O) groups excluding carboxylic acids is 1. The third kappa shape index (κ3) is 3.86. The third-order valence-electron chi connectivity index (χ3n) is 4.56. The molecule has 3 rings (SSSR count). The van der Waals surface area contributed by atoms with Gasteiger partial charge in [-0.2, -0.15) is 0 Å². The molecule has 2 heterocycles. The van der Waals surface area contributed by atoms with Crippen molar-refractivity contribution in [1.82, 2.24) is 10.3 Å². The van der Waals surface area contributed by atoms with E-state index in [-0.39, 0.29) is 18.1 Å². The smallest absolute Gasteiger partial charge is 0.311 e. The molecule has 0 aliphatic carbocycles. The molecular formula is C18H20N2O5S. The predicted molar refractivity (Wildman–Crippen MR) is 96.6 cm³/mol. The maximum absolute atomic E-state index is 12.4. The van der Waals surface area contributed by atoms with Crippen LogP contribution < -0.4 is 10.1 Å². The number of carbonyl (C=O) groups is 2. The monoisotopic (exact) mass is 376 g/mol. The highest BCUT2D eigenvalue weighted by molar-refractivity contribution is 7.13. The molecular weight excluding hydrogens is 356 g/mol. The second kappa shape index (κ2) is 7.84. The molecule has 2 N–H and O–H groups in total. The lowest BCUT2D eigenvalue weighted by atomic mass is 9.80. The first-order valence-electron chi connectivity index (χ1n) is 8.23. The molecule has 1 saturated heterocycles. The first-order chi connectivity index (χ1) is 12.5. The number of methoxy groups -OCH3 is 1. The Morgan fingerprint density at radius 2 is 2.00 bits per heavy atom. The highest BCUT2D eigenvalue weighted by Crippen LogP contribution is 2.30. The van der Waals surface area contributed by atoms with E-state index in [0.29, 0.717) is 26.1 Å². The van der Waals surface area contributed by atoms with Crippen LogP contribution in [0.25, 0.3) is 10.6 Å². The summed E-state index contributed by atoms with van der Waals surface area (Å²) in [5.41, 5.74) is 0.206. The lowest BCUT2D eigenvalue weighted by Gasteiger charge is -2.32. The zero-order valence-corrected chi connectivity index (χ0v) is 15.2. The normalized spacial score (nSPS) is 16.0. The molecule has 1 aliphatic rings. The van der Waals surface area contributed by atoms with Gasteiger partial charge in [-0.1, -0.05) is 0 Å². The third-order valence-corrected chi connectivity index (χ3v) is 5.46. The molecule has 0 radical (unpaired) electrons. The topological polar surface area (TPSA) is 97.8 Å². The van der Waals surface area contributed by atoms with Crippen molar-refractivity contribution < 1.29 is 24.2 Å². The summed E-state index contributed by atoms with van der Waals surface area (Å²) < 4.78 is 10.4. The molecule has 26 heavy (non-hydrogen) atoms. The number of hydrogen-bond donors (Lipinski definition) is 2. The van der Waals surface area contributed by atoms with E-state index in [0.717, 1.165) is 16.3 Å². The highest BCUT2D eigenvalue weighted by atomic mass is 32.1. The Labute approximate surface area is 155 Å². The number of rotatable bonds is 6. The zero-order valence-electron chi connectivity index (χ0n) is 14.4. The number of aliphatic carboxylic acids is 1. The van der Waals surface area contributed by atoms with Crippen LogP contribution in [0.1, 0.15) is 23.3 Å². The summed E-state index contributed by atoms with van der Waals surface area (Å²) in [7, 11) is 1.60. The maximum atomic E-state index is 12.4. The molecule has 0 unspecified atom stereocenters. The Morgan fingerprint density at radius 3 is 2.62 bits per heavy atom. The van der Waals surface area contributed by atoms with Gasteiger partial charge in [-0.3, -0.25) is 9.59 Å². The Balaban J connectivity index is 1.66. The summed E-state index contributed by atoms with van der Waals surface area (Å²) in [4.78, 5) is 28.4. The van der Waals surface area contributed by atoms with E-state index < -0.39 is 11.4 Å². The van der Waals surface area contributed by atoms with Crippen LogP contribution in [-0.2, 0) is 9.53 Å². The molecule has 1 fully saturated rings. The number of aromatic nitrogens is 1. The van der Waals surface area contributed by atoms with Gasteiger partial charge in [0.25, 0.3) is 5.91 Å². The molecule has 1 aromatic heterocycles. The average molecular weight is 376 g/mol. The molecule has 0 bridgehead atoms. The Morgan fingerprint density at radius 1 is 1.31 bits per heavy atom. The number of carboxylic acid groups (broad SMARTS) is 1. The number of hydrogen-bond acceptors (Lipinski definition) is 6. The molecule has 2 aromatic rings. The molecule has 1 aliphatic heterocycles. The number of nitrogens with one attached hydrogen (secondary N) is 1. The van der Waals surface area contributed by atoms with Crippen LogP contribution in [-0.4, -0.2) is 48.8 Å². The summed E-state index contributed by atoms with van der Waals surface area (Å²) >= 11 is 1.36. The Bertz CT molecular complexity index is 781. The van der Waals surface area contributed by atoms with Crippen LogP contribution in [0.4, 0.5) is 0 Å². The fourth-order valence-electron chi connectivity index (χ4n) is 2.81. The lowest BCUT2D eigenvalue weighted by molar-refractivity contribution is -0.154. The van der Waals surface area contributed by atoms with E-state index in [1.807, 2.05) is 24.3 Å². The number of nitrogens with zero attached hydrogens (tertiary/aromatic N) is 1. The maximum Gasteiger partial charge on any atom is 0.311 e. The fraction of sp³-hybridized carbons (Fsp3) is 0.389. The van der Waals surface area contributed by atoms with Gasteiger partial charge in [0.15, 0.2) is 0 Å². The summed E-state index contributed by atoms with van der Waals surface area (Å²) in [6, 6.07) is 7.41. The second-order valence-corrected chi connectivity index (χ2v) is 7.01. The van der Waals surface area contributed by atoms with Crippen molar-refractivity contribution in [3.63, 3.8) is 0 Å². The van der Waals surface area contributed by atoms with Crippen LogP contribution in [0.5, 0.6) is 5.75 Å². The minimum absolute atomic E-state index is 0.0694. The second-order valence-electron chi connectivity index (χ2n) is 6.15. The predicted octanol–water partition coefficient (Wildman–Crippen LogP) is 2.43. The molecule has 1 amide bonds. The van der Waals surface area contributed by atoms with Gasteiger partial charge in [0.05, 0.1) is 12.5 Å². The van der Waals surface area contributed by atoms with Gasteiger partial charge >= 0.3 is 5.97 Å². The van der Waals surface area contributed by atoms with E-state index in [1.54, 1.807) is 12.5 Å². The van der Waals surface area contributed by atoms with E-state index in [2.05, 4.69) is 10.3 Å². The lowest BCUT2D eigenvalue weighted by Crippen LogP contribution is -2.46. The van der Waals surface area contributed by atoms with E-state index >= 15 is 0 Å². The van der Waals surface area contributed by atoms with Crippen molar-refractivity contribution in [2.45, 2.75) is 12.8 Å². The molecule has 8 heteroatoms. The highest BCUT2D eigenvalue weighted by Gasteiger charge is 2.40. The number of benzene rings is 1. The first kappa shape index (κ1) is 18.3.